The van der Waals surface area contributed by atoms with Crippen LogP contribution in [0.15, 0.2) is 84.2 Å². The number of nitrogens with one attached hydrogen (secondary N) is 3. The first kappa shape index (κ1) is 24.1. The first-order chi connectivity index (χ1) is 16.5. The maximum Gasteiger partial charge on any atom is 0.329 e. The Hall–Kier alpha value is -4.53. The van der Waals surface area contributed by atoms with Gasteiger partial charge in [0.05, 0.1) is 12.3 Å². The molecule has 3 N–H and O–H groups in total. The van der Waals surface area contributed by atoms with Gasteiger partial charge in [0, 0.05) is 18.9 Å². The van der Waals surface area contributed by atoms with Crippen LogP contribution >= 0.6 is 0 Å². The molecule has 0 saturated carbocycles. The van der Waals surface area contributed by atoms with Crippen LogP contribution < -0.4 is 20.8 Å². The molecular formula is C25H25N5O4. The van der Waals surface area contributed by atoms with Gasteiger partial charge in [0.2, 0.25) is 0 Å². The molecule has 34 heavy (non-hydrogen) atoms. The predicted octanol–water partition coefficient (Wildman–Crippen LogP) is 2.10. The molecule has 3 aromatic rings. The second-order valence-electron chi connectivity index (χ2n) is 7.30. The van der Waals surface area contributed by atoms with Crippen molar-refractivity contribution in [2.45, 2.75) is 19.5 Å². The number of hydrogen-bond donors (Lipinski definition) is 3. The molecule has 0 spiro atoms. The zero-order valence-corrected chi connectivity index (χ0v) is 18.6. The Labute approximate surface area is 197 Å². The third kappa shape index (κ3) is 7.86. The van der Waals surface area contributed by atoms with E-state index in [-0.39, 0.29) is 25.1 Å². The summed E-state index contributed by atoms with van der Waals surface area (Å²) in [5.41, 5.74) is 4.63. The van der Waals surface area contributed by atoms with E-state index in [9.17, 15) is 14.4 Å². The quantitative estimate of drug-likeness (QED) is 0.257. The van der Waals surface area contributed by atoms with Crippen LogP contribution in [0, 0.1) is 0 Å². The van der Waals surface area contributed by atoms with Crippen LogP contribution in [-0.4, -0.2) is 35.5 Å². The number of carbonyl (C=O) groups excluding carboxylic acids is 3. The van der Waals surface area contributed by atoms with E-state index in [2.05, 4.69) is 26.1 Å². The van der Waals surface area contributed by atoms with Gasteiger partial charge in [-0.1, -0.05) is 36.4 Å². The van der Waals surface area contributed by atoms with Crippen molar-refractivity contribution in [3.8, 4) is 5.75 Å². The summed E-state index contributed by atoms with van der Waals surface area (Å²) in [6.07, 6.45) is 4.61. The number of carbonyl (C=O) groups is 3. The first-order valence-corrected chi connectivity index (χ1v) is 10.6. The van der Waals surface area contributed by atoms with E-state index in [1.807, 2.05) is 37.3 Å². The van der Waals surface area contributed by atoms with Gasteiger partial charge >= 0.3 is 11.8 Å². The van der Waals surface area contributed by atoms with Gasteiger partial charge < -0.3 is 15.4 Å². The van der Waals surface area contributed by atoms with Crippen LogP contribution in [-0.2, 0) is 20.9 Å². The number of hydrazone groups is 1. The van der Waals surface area contributed by atoms with Crippen molar-refractivity contribution in [1.82, 2.24) is 21.0 Å². The zero-order chi connectivity index (χ0) is 24.2. The average Bonchev–Trinajstić information content (AvgIpc) is 2.87. The molecule has 0 aliphatic heterocycles. The summed E-state index contributed by atoms with van der Waals surface area (Å²) in [6, 6.07) is 19.8. The third-order valence-corrected chi connectivity index (χ3v) is 4.69. The van der Waals surface area contributed by atoms with Crippen molar-refractivity contribution in [3.63, 3.8) is 0 Å². The fraction of sp³-hybridized carbons (Fsp3) is 0.160. The van der Waals surface area contributed by atoms with Crippen molar-refractivity contribution in [1.29, 1.82) is 0 Å². The number of rotatable bonds is 9. The molecule has 9 heteroatoms. The van der Waals surface area contributed by atoms with Crippen molar-refractivity contribution in [2.24, 2.45) is 5.10 Å². The SMILES string of the molecule is C[C@H](NC(=O)COc1ccc(/C=N\NC(=O)C(=O)NCc2cccnc2)cc1)c1ccccc1. The number of ether oxygens (including phenoxy) is 1. The fourth-order valence-electron chi connectivity index (χ4n) is 2.89. The van der Waals surface area contributed by atoms with E-state index in [0.29, 0.717) is 11.3 Å². The number of pyridine rings is 1. The molecule has 2 aromatic carbocycles. The highest BCUT2D eigenvalue weighted by atomic mass is 16.5. The van der Waals surface area contributed by atoms with Crippen molar-refractivity contribution >= 4 is 23.9 Å². The molecular weight excluding hydrogens is 434 g/mol. The Kier molecular flexibility index (Phi) is 8.86. The highest BCUT2D eigenvalue weighted by molar-refractivity contribution is 6.35. The maximum absolute atomic E-state index is 12.1. The Morgan fingerprint density at radius 2 is 1.76 bits per heavy atom. The summed E-state index contributed by atoms with van der Waals surface area (Å²) in [4.78, 5) is 39.7. The molecule has 1 heterocycles. The lowest BCUT2D eigenvalue weighted by atomic mass is 10.1. The van der Waals surface area contributed by atoms with Crippen LogP contribution in [0.25, 0.3) is 0 Å². The summed E-state index contributed by atoms with van der Waals surface area (Å²) in [5.74, 6) is -1.40. The summed E-state index contributed by atoms with van der Waals surface area (Å²) in [7, 11) is 0. The molecule has 9 nitrogen and oxygen atoms in total. The molecule has 1 atom stereocenters. The summed E-state index contributed by atoms with van der Waals surface area (Å²) in [5, 5.41) is 9.15. The van der Waals surface area contributed by atoms with Crippen LogP contribution in [0.1, 0.15) is 29.7 Å². The molecule has 1 aromatic heterocycles. The molecule has 3 rings (SSSR count). The highest BCUT2D eigenvalue weighted by Crippen LogP contribution is 2.13. The van der Waals surface area contributed by atoms with Gasteiger partial charge in [0.15, 0.2) is 6.61 Å². The standard InChI is InChI=1S/C25H25N5O4/c1-18(21-7-3-2-4-8-21)29-23(31)17-34-22-11-9-19(10-12-22)16-28-30-25(33)24(32)27-15-20-6-5-13-26-14-20/h2-14,16,18H,15,17H2,1H3,(H,27,32)(H,29,31)(H,30,33)/b28-16-/t18-/m0/s1. The van der Waals surface area contributed by atoms with Gasteiger partial charge in [0.1, 0.15) is 5.75 Å². The van der Waals surface area contributed by atoms with E-state index in [4.69, 9.17) is 4.74 Å². The van der Waals surface area contributed by atoms with E-state index < -0.39 is 11.8 Å². The van der Waals surface area contributed by atoms with E-state index in [1.54, 1.807) is 48.8 Å². The fourth-order valence-corrected chi connectivity index (χ4v) is 2.89. The van der Waals surface area contributed by atoms with Gasteiger partial charge in [-0.05, 0) is 53.9 Å². The zero-order valence-electron chi connectivity index (χ0n) is 18.6. The molecule has 174 valence electrons. The lowest BCUT2D eigenvalue weighted by Crippen LogP contribution is -2.37. The number of nitrogens with zero attached hydrogens (tertiary/aromatic N) is 2. The van der Waals surface area contributed by atoms with E-state index in [1.165, 1.54) is 6.21 Å². The minimum absolute atomic E-state index is 0.116. The highest BCUT2D eigenvalue weighted by Gasteiger charge is 2.12. The van der Waals surface area contributed by atoms with Crippen molar-refractivity contribution < 1.29 is 19.1 Å². The van der Waals surface area contributed by atoms with Crippen molar-refractivity contribution in [2.75, 3.05) is 6.61 Å². The van der Waals surface area contributed by atoms with Gasteiger partial charge in [0.25, 0.3) is 5.91 Å². The first-order valence-electron chi connectivity index (χ1n) is 10.6. The second kappa shape index (κ2) is 12.5. The Morgan fingerprint density at radius 3 is 2.47 bits per heavy atom. The van der Waals surface area contributed by atoms with E-state index in [0.717, 1.165) is 11.1 Å². The van der Waals surface area contributed by atoms with E-state index >= 15 is 0 Å². The number of amides is 3. The molecule has 0 bridgehead atoms. The minimum atomic E-state index is -0.879. The van der Waals surface area contributed by atoms with Gasteiger partial charge in [-0.15, -0.1) is 0 Å². The summed E-state index contributed by atoms with van der Waals surface area (Å²) < 4.78 is 5.51. The molecule has 0 saturated heterocycles. The Balaban J connectivity index is 1.38. The second-order valence-corrected chi connectivity index (χ2v) is 7.30. The van der Waals surface area contributed by atoms with Crippen LogP contribution in [0.3, 0.4) is 0 Å². The maximum atomic E-state index is 12.1. The number of benzene rings is 2. The monoisotopic (exact) mass is 459 g/mol. The van der Waals surface area contributed by atoms with Gasteiger partial charge in [-0.3, -0.25) is 19.4 Å². The topological polar surface area (TPSA) is 122 Å². The predicted molar refractivity (Wildman–Crippen MR) is 127 cm³/mol. The Morgan fingerprint density at radius 1 is 1.00 bits per heavy atom. The largest absolute Gasteiger partial charge is 0.484 e. The van der Waals surface area contributed by atoms with Crippen molar-refractivity contribution in [3.05, 3.63) is 95.8 Å². The third-order valence-electron chi connectivity index (χ3n) is 4.69. The molecule has 0 radical (unpaired) electrons. The molecule has 0 aliphatic rings. The molecule has 0 unspecified atom stereocenters. The summed E-state index contributed by atoms with van der Waals surface area (Å²) in [6.45, 7) is 1.98. The number of aromatic nitrogens is 1. The lowest BCUT2D eigenvalue weighted by molar-refractivity contribution is -0.139. The Bertz CT molecular complexity index is 1120. The van der Waals surface area contributed by atoms with Gasteiger partial charge in [-0.25, -0.2) is 5.43 Å². The van der Waals surface area contributed by atoms with Crippen LogP contribution in [0.5, 0.6) is 5.75 Å². The molecule has 0 fully saturated rings. The molecule has 3 amide bonds. The summed E-state index contributed by atoms with van der Waals surface area (Å²) >= 11 is 0. The van der Waals surface area contributed by atoms with Gasteiger partial charge in [-0.2, -0.15) is 5.10 Å². The smallest absolute Gasteiger partial charge is 0.329 e. The van der Waals surface area contributed by atoms with Crippen LogP contribution in [0.4, 0.5) is 0 Å². The lowest BCUT2D eigenvalue weighted by Gasteiger charge is -2.14. The normalized spacial score (nSPS) is 11.4. The van der Waals surface area contributed by atoms with Crippen LogP contribution in [0.2, 0.25) is 0 Å². The molecule has 0 aliphatic carbocycles. The number of hydrogen-bond acceptors (Lipinski definition) is 6. The average molecular weight is 460 g/mol. The minimum Gasteiger partial charge on any atom is -0.484 e.